The summed E-state index contributed by atoms with van der Waals surface area (Å²) in [5.74, 6) is 2.49. The first kappa shape index (κ1) is 19.2. The first-order chi connectivity index (χ1) is 14.2. The highest BCUT2D eigenvalue weighted by Crippen LogP contribution is 2.24. The molecule has 0 aliphatic carbocycles. The Balaban J connectivity index is 1.42. The van der Waals surface area contributed by atoms with Crippen molar-refractivity contribution < 1.29 is 0 Å². The first-order valence-corrected chi connectivity index (χ1v) is 10.3. The quantitative estimate of drug-likeness (QED) is 0.655. The number of anilines is 4. The standard InChI is InChI=1S/C23H28N6/c1-18-25-22(27-20-5-7-21(8-6-20)29-14-3-4-15-29)17-23(26-18)28(2)16-11-19-9-12-24-13-10-19/h5-10,12-13,17H,3-4,11,14-16H2,1-2H3,(H,25,26,27). The molecule has 0 radical (unpaired) electrons. The highest BCUT2D eigenvalue weighted by molar-refractivity contribution is 5.63. The van der Waals surface area contributed by atoms with E-state index in [0.717, 1.165) is 49.2 Å². The van der Waals surface area contributed by atoms with Gasteiger partial charge in [0.25, 0.3) is 0 Å². The van der Waals surface area contributed by atoms with Crippen LogP contribution in [0.3, 0.4) is 0 Å². The summed E-state index contributed by atoms with van der Waals surface area (Å²) in [5, 5.41) is 3.43. The lowest BCUT2D eigenvalue weighted by atomic mass is 10.2. The Bertz CT molecular complexity index is 920. The van der Waals surface area contributed by atoms with Crippen molar-refractivity contribution in [3.05, 3.63) is 66.2 Å². The zero-order valence-electron chi connectivity index (χ0n) is 17.2. The third-order valence-corrected chi connectivity index (χ3v) is 5.31. The van der Waals surface area contributed by atoms with Gasteiger partial charge >= 0.3 is 0 Å². The molecule has 0 unspecified atom stereocenters. The van der Waals surface area contributed by atoms with E-state index < -0.39 is 0 Å². The maximum absolute atomic E-state index is 4.61. The Morgan fingerprint density at radius 1 is 1.00 bits per heavy atom. The predicted molar refractivity (Wildman–Crippen MR) is 119 cm³/mol. The summed E-state index contributed by atoms with van der Waals surface area (Å²) in [6.07, 6.45) is 7.19. The van der Waals surface area contributed by atoms with Gasteiger partial charge in [-0.15, -0.1) is 0 Å². The van der Waals surface area contributed by atoms with Gasteiger partial charge in [-0.25, -0.2) is 9.97 Å². The summed E-state index contributed by atoms with van der Waals surface area (Å²) in [7, 11) is 2.07. The van der Waals surface area contributed by atoms with Crippen LogP contribution in [-0.4, -0.2) is 41.6 Å². The maximum Gasteiger partial charge on any atom is 0.136 e. The highest BCUT2D eigenvalue weighted by atomic mass is 15.2. The molecule has 150 valence electrons. The number of nitrogens with one attached hydrogen (secondary N) is 1. The number of pyridine rings is 1. The molecule has 2 aromatic heterocycles. The van der Waals surface area contributed by atoms with E-state index in [1.165, 1.54) is 24.1 Å². The Hall–Kier alpha value is -3.15. The van der Waals surface area contributed by atoms with Crippen LogP contribution < -0.4 is 15.1 Å². The Morgan fingerprint density at radius 2 is 1.72 bits per heavy atom. The summed E-state index contributed by atoms with van der Waals surface area (Å²) in [6.45, 7) is 5.13. The zero-order chi connectivity index (χ0) is 20.1. The number of aryl methyl sites for hydroxylation is 1. The van der Waals surface area contributed by atoms with Gasteiger partial charge in [0.05, 0.1) is 0 Å². The Labute approximate surface area is 172 Å². The molecule has 3 heterocycles. The van der Waals surface area contributed by atoms with E-state index in [1.54, 1.807) is 0 Å². The van der Waals surface area contributed by atoms with E-state index in [0.29, 0.717) is 0 Å². The minimum atomic E-state index is 0.759. The van der Waals surface area contributed by atoms with Crippen LogP contribution in [0.2, 0.25) is 0 Å². The molecule has 0 amide bonds. The molecule has 1 saturated heterocycles. The predicted octanol–water partition coefficient (Wildman–Crippen LogP) is 4.20. The van der Waals surface area contributed by atoms with Crippen LogP contribution >= 0.6 is 0 Å². The topological polar surface area (TPSA) is 57.2 Å². The van der Waals surface area contributed by atoms with Crippen LogP contribution in [0.25, 0.3) is 0 Å². The summed E-state index contributed by atoms with van der Waals surface area (Å²) in [4.78, 5) is 17.9. The molecule has 1 aromatic carbocycles. The molecular weight excluding hydrogens is 360 g/mol. The summed E-state index contributed by atoms with van der Waals surface area (Å²) >= 11 is 0. The highest BCUT2D eigenvalue weighted by Gasteiger charge is 2.12. The van der Waals surface area contributed by atoms with Crippen LogP contribution in [0.1, 0.15) is 24.2 Å². The molecule has 6 nitrogen and oxygen atoms in total. The van der Waals surface area contributed by atoms with Crippen LogP contribution in [-0.2, 0) is 6.42 Å². The molecule has 1 fully saturated rings. The van der Waals surface area contributed by atoms with Gasteiger partial charge in [-0.3, -0.25) is 4.98 Å². The van der Waals surface area contributed by atoms with Crippen LogP contribution in [0, 0.1) is 6.92 Å². The van der Waals surface area contributed by atoms with Crippen molar-refractivity contribution in [2.45, 2.75) is 26.2 Å². The minimum Gasteiger partial charge on any atom is -0.372 e. The monoisotopic (exact) mass is 388 g/mol. The van der Waals surface area contributed by atoms with Gasteiger partial charge in [0.2, 0.25) is 0 Å². The van der Waals surface area contributed by atoms with Crippen molar-refractivity contribution in [2.24, 2.45) is 0 Å². The van der Waals surface area contributed by atoms with E-state index >= 15 is 0 Å². The number of rotatable bonds is 7. The van der Waals surface area contributed by atoms with Crippen LogP contribution in [0.4, 0.5) is 23.0 Å². The molecule has 0 atom stereocenters. The van der Waals surface area contributed by atoms with E-state index in [9.17, 15) is 0 Å². The van der Waals surface area contributed by atoms with E-state index in [1.807, 2.05) is 25.4 Å². The van der Waals surface area contributed by atoms with Crippen LogP contribution in [0.5, 0.6) is 0 Å². The van der Waals surface area contributed by atoms with Crippen molar-refractivity contribution in [2.75, 3.05) is 41.8 Å². The fraction of sp³-hybridized carbons (Fsp3) is 0.348. The molecule has 29 heavy (non-hydrogen) atoms. The second-order valence-electron chi connectivity index (χ2n) is 7.55. The SMILES string of the molecule is Cc1nc(Nc2ccc(N3CCCC3)cc2)cc(N(C)CCc2ccncc2)n1. The minimum absolute atomic E-state index is 0.759. The molecule has 0 spiro atoms. The van der Waals surface area contributed by atoms with Gasteiger partial charge in [-0.05, 0) is 68.1 Å². The molecule has 6 heteroatoms. The molecule has 1 N–H and O–H groups in total. The summed E-state index contributed by atoms with van der Waals surface area (Å²) in [6, 6.07) is 14.7. The molecule has 3 aromatic rings. The summed E-state index contributed by atoms with van der Waals surface area (Å²) < 4.78 is 0. The third kappa shape index (κ3) is 5.02. The second kappa shape index (κ2) is 8.90. The number of likely N-dealkylation sites (N-methyl/N-ethyl adjacent to an activating group) is 1. The third-order valence-electron chi connectivity index (χ3n) is 5.31. The average molecular weight is 389 g/mol. The smallest absolute Gasteiger partial charge is 0.136 e. The lowest BCUT2D eigenvalue weighted by Crippen LogP contribution is -2.22. The number of benzene rings is 1. The second-order valence-corrected chi connectivity index (χ2v) is 7.55. The van der Waals surface area contributed by atoms with Gasteiger partial charge in [0, 0.05) is 56.5 Å². The molecule has 1 aliphatic rings. The fourth-order valence-corrected chi connectivity index (χ4v) is 3.65. The molecule has 1 aliphatic heterocycles. The van der Waals surface area contributed by atoms with Gasteiger partial charge < -0.3 is 15.1 Å². The van der Waals surface area contributed by atoms with Gasteiger partial charge in [0.15, 0.2) is 0 Å². The summed E-state index contributed by atoms with van der Waals surface area (Å²) in [5.41, 5.74) is 3.61. The average Bonchev–Trinajstić information content (AvgIpc) is 3.28. The zero-order valence-corrected chi connectivity index (χ0v) is 17.2. The molecule has 4 rings (SSSR count). The van der Waals surface area contributed by atoms with E-state index in [-0.39, 0.29) is 0 Å². The fourth-order valence-electron chi connectivity index (χ4n) is 3.65. The number of hydrogen-bond donors (Lipinski definition) is 1. The molecule has 0 saturated carbocycles. The van der Waals surface area contributed by atoms with E-state index in [4.69, 9.17) is 0 Å². The van der Waals surface area contributed by atoms with Crippen molar-refractivity contribution >= 4 is 23.0 Å². The number of aromatic nitrogens is 3. The number of hydrogen-bond acceptors (Lipinski definition) is 6. The lowest BCUT2D eigenvalue weighted by molar-refractivity contribution is 0.848. The van der Waals surface area contributed by atoms with Gasteiger partial charge in [-0.1, -0.05) is 0 Å². The van der Waals surface area contributed by atoms with Gasteiger partial charge in [-0.2, -0.15) is 0 Å². The number of nitrogens with zero attached hydrogens (tertiary/aromatic N) is 5. The normalized spacial score (nSPS) is 13.5. The van der Waals surface area contributed by atoms with Crippen LogP contribution in [0.15, 0.2) is 54.9 Å². The van der Waals surface area contributed by atoms with Crippen molar-refractivity contribution in [1.82, 2.24) is 15.0 Å². The Morgan fingerprint density at radius 3 is 2.45 bits per heavy atom. The largest absolute Gasteiger partial charge is 0.372 e. The lowest BCUT2D eigenvalue weighted by Gasteiger charge is -2.20. The van der Waals surface area contributed by atoms with Crippen molar-refractivity contribution in [3.63, 3.8) is 0 Å². The van der Waals surface area contributed by atoms with E-state index in [2.05, 4.69) is 73.5 Å². The van der Waals surface area contributed by atoms with Crippen molar-refractivity contribution in [3.8, 4) is 0 Å². The molecule has 0 bridgehead atoms. The maximum atomic E-state index is 4.61. The first-order valence-electron chi connectivity index (χ1n) is 10.3. The van der Waals surface area contributed by atoms with Gasteiger partial charge in [0.1, 0.15) is 17.5 Å². The Kier molecular flexibility index (Phi) is 5.89. The molecular formula is C23H28N6. The van der Waals surface area contributed by atoms with Crippen molar-refractivity contribution in [1.29, 1.82) is 0 Å².